The van der Waals surface area contributed by atoms with Crippen LogP contribution in [-0.2, 0) is 13.1 Å². The van der Waals surface area contributed by atoms with Crippen molar-refractivity contribution in [2.75, 3.05) is 0 Å². The summed E-state index contributed by atoms with van der Waals surface area (Å²) in [6, 6.07) is 16.3. The Morgan fingerprint density at radius 2 is 1.81 bits per heavy atom. The lowest BCUT2D eigenvalue weighted by atomic mass is 10.2. The summed E-state index contributed by atoms with van der Waals surface area (Å²) in [7, 11) is 0. The molecular weight excluding hydrogens is 366 g/mol. The molecule has 4 aromatic rings. The van der Waals surface area contributed by atoms with E-state index in [0.29, 0.717) is 11.3 Å². The van der Waals surface area contributed by atoms with E-state index in [-0.39, 0.29) is 30.6 Å². The minimum absolute atomic E-state index is 0.251. The fraction of sp³-hybridized carbons (Fsp3) is 0.0952. The van der Waals surface area contributed by atoms with Gasteiger partial charge in [0, 0.05) is 12.1 Å². The van der Waals surface area contributed by atoms with Crippen LogP contribution in [0.2, 0.25) is 0 Å². The molecule has 27 heavy (non-hydrogen) atoms. The Hall–Kier alpha value is -2.99. The molecule has 0 aliphatic rings. The van der Waals surface area contributed by atoms with Crippen molar-refractivity contribution in [1.82, 2.24) is 9.88 Å². The second-order valence-electron chi connectivity index (χ2n) is 6.19. The lowest BCUT2D eigenvalue weighted by molar-refractivity contribution is 0.0942. The molecule has 0 bridgehead atoms. The van der Waals surface area contributed by atoms with Gasteiger partial charge in [-0.25, -0.2) is 8.78 Å². The molecule has 1 N–H and O–H groups in total. The van der Waals surface area contributed by atoms with Crippen LogP contribution in [0.5, 0.6) is 0 Å². The van der Waals surface area contributed by atoms with E-state index in [1.807, 2.05) is 22.1 Å². The van der Waals surface area contributed by atoms with Crippen molar-refractivity contribution >= 4 is 27.5 Å². The zero-order valence-corrected chi connectivity index (χ0v) is 15.1. The van der Waals surface area contributed by atoms with Crippen molar-refractivity contribution in [3.8, 4) is 0 Å². The van der Waals surface area contributed by atoms with E-state index in [9.17, 15) is 13.6 Å². The monoisotopic (exact) mass is 382 g/mol. The van der Waals surface area contributed by atoms with Crippen LogP contribution in [0.25, 0.3) is 10.2 Å². The molecule has 0 saturated carbocycles. The molecule has 1 amide bonds. The number of benzene rings is 2. The highest BCUT2D eigenvalue weighted by atomic mass is 32.1. The molecule has 0 fully saturated rings. The predicted molar refractivity (Wildman–Crippen MR) is 103 cm³/mol. The summed E-state index contributed by atoms with van der Waals surface area (Å²) in [5.74, 6) is -0.865. The number of hydrogen-bond acceptors (Lipinski definition) is 2. The molecule has 2 heterocycles. The Labute approximate surface area is 158 Å². The number of carbonyl (C=O) groups excluding carboxylic acids is 1. The Balaban J connectivity index is 1.61. The Bertz CT molecular complexity index is 1100. The molecule has 136 valence electrons. The lowest BCUT2D eigenvalue weighted by Gasteiger charge is -2.12. The fourth-order valence-electron chi connectivity index (χ4n) is 3.01. The summed E-state index contributed by atoms with van der Waals surface area (Å²) < 4.78 is 29.9. The van der Waals surface area contributed by atoms with E-state index in [1.54, 1.807) is 30.3 Å². The second-order valence-corrected chi connectivity index (χ2v) is 7.13. The van der Waals surface area contributed by atoms with Gasteiger partial charge < -0.3 is 9.88 Å². The zero-order chi connectivity index (χ0) is 18.8. The normalized spacial score (nSPS) is 11.0. The molecule has 4 rings (SSSR count). The number of nitrogens with zero attached hydrogens (tertiary/aromatic N) is 1. The van der Waals surface area contributed by atoms with Crippen molar-refractivity contribution in [3.63, 3.8) is 0 Å². The molecule has 0 radical (unpaired) electrons. The van der Waals surface area contributed by atoms with Gasteiger partial charge in [0.15, 0.2) is 0 Å². The summed E-state index contributed by atoms with van der Waals surface area (Å²) >= 11 is 1.53. The van der Waals surface area contributed by atoms with Crippen LogP contribution in [0.1, 0.15) is 21.6 Å². The number of thiophene rings is 1. The van der Waals surface area contributed by atoms with Gasteiger partial charge in [0.05, 0.1) is 16.8 Å². The maximum Gasteiger partial charge on any atom is 0.268 e. The standard InChI is InChI=1S/C21H16F2N2OS/c22-16-7-5-14(6-8-16)12-24-21(26)19-11-20-18(9-10-27-20)25(19)13-15-3-1-2-4-17(15)23/h1-11H,12-13H2,(H,24,26). The molecular formula is C21H16F2N2OS. The quantitative estimate of drug-likeness (QED) is 0.520. The fourth-order valence-corrected chi connectivity index (χ4v) is 3.83. The molecule has 0 atom stereocenters. The second kappa shape index (κ2) is 7.32. The van der Waals surface area contributed by atoms with Gasteiger partial charge in [-0.15, -0.1) is 11.3 Å². The average molecular weight is 382 g/mol. The van der Waals surface area contributed by atoms with E-state index in [0.717, 1.165) is 15.8 Å². The van der Waals surface area contributed by atoms with E-state index < -0.39 is 0 Å². The third kappa shape index (κ3) is 3.61. The molecule has 3 nitrogen and oxygen atoms in total. The van der Waals surface area contributed by atoms with Gasteiger partial charge in [-0.1, -0.05) is 30.3 Å². The SMILES string of the molecule is O=C(NCc1ccc(F)cc1)c1cc2sccc2n1Cc1ccccc1F. The first kappa shape index (κ1) is 17.4. The molecule has 0 unspecified atom stereocenters. The number of rotatable bonds is 5. The van der Waals surface area contributed by atoms with Crippen LogP contribution >= 0.6 is 11.3 Å². The smallest absolute Gasteiger partial charge is 0.268 e. The topological polar surface area (TPSA) is 34.0 Å². The van der Waals surface area contributed by atoms with E-state index in [2.05, 4.69) is 5.32 Å². The number of fused-ring (bicyclic) bond motifs is 1. The third-order valence-electron chi connectivity index (χ3n) is 4.41. The van der Waals surface area contributed by atoms with Crippen LogP contribution in [0.4, 0.5) is 8.78 Å². The maximum absolute atomic E-state index is 14.1. The first-order chi connectivity index (χ1) is 13.1. The number of amides is 1. The Morgan fingerprint density at radius 3 is 2.59 bits per heavy atom. The number of carbonyl (C=O) groups is 1. The summed E-state index contributed by atoms with van der Waals surface area (Å²) in [5.41, 5.74) is 2.70. The van der Waals surface area contributed by atoms with E-state index in [4.69, 9.17) is 0 Å². The Kier molecular flexibility index (Phi) is 4.73. The molecule has 0 aliphatic carbocycles. The Morgan fingerprint density at radius 1 is 1.04 bits per heavy atom. The largest absolute Gasteiger partial charge is 0.347 e. The van der Waals surface area contributed by atoms with E-state index in [1.165, 1.54) is 29.5 Å². The molecule has 0 spiro atoms. The summed E-state index contributed by atoms with van der Waals surface area (Å²) in [6.07, 6.45) is 0. The van der Waals surface area contributed by atoms with Crippen LogP contribution in [0, 0.1) is 11.6 Å². The van der Waals surface area contributed by atoms with Crippen molar-refractivity contribution in [1.29, 1.82) is 0 Å². The van der Waals surface area contributed by atoms with Crippen LogP contribution in [0.3, 0.4) is 0 Å². The van der Waals surface area contributed by atoms with Crippen molar-refractivity contribution < 1.29 is 13.6 Å². The average Bonchev–Trinajstić information content (AvgIpc) is 3.25. The highest BCUT2D eigenvalue weighted by molar-refractivity contribution is 7.17. The number of aromatic nitrogens is 1. The minimum atomic E-state index is -0.316. The summed E-state index contributed by atoms with van der Waals surface area (Å²) in [6.45, 7) is 0.559. The van der Waals surface area contributed by atoms with Gasteiger partial charge in [0.1, 0.15) is 17.3 Å². The van der Waals surface area contributed by atoms with Gasteiger partial charge in [-0.2, -0.15) is 0 Å². The first-order valence-corrected chi connectivity index (χ1v) is 9.32. The first-order valence-electron chi connectivity index (χ1n) is 8.44. The van der Waals surface area contributed by atoms with Crippen LogP contribution in [-0.4, -0.2) is 10.5 Å². The molecule has 2 aromatic heterocycles. The van der Waals surface area contributed by atoms with Gasteiger partial charge in [-0.3, -0.25) is 4.79 Å². The molecule has 0 aliphatic heterocycles. The van der Waals surface area contributed by atoms with Crippen molar-refractivity contribution in [2.45, 2.75) is 13.1 Å². The van der Waals surface area contributed by atoms with Crippen LogP contribution in [0.15, 0.2) is 66.0 Å². The predicted octanol–water partition coefficient (Wildman–Crippen LogP) is 4.96. The lowest BCUT2D eigenvalue weighted by Crippen LogP contribution is -2.25. The van der Waals surface area contributed by atoms with E-state index >= 15 is 0 Å². The minimum Gasteiger partial charge on any atom is -0.347 e. The molecule has 0 saturated heterocycles. The number of hydrogen-bond donors (Lipinski definition) is 1. The molecule has 2 aromatic carbocycles. The summed E-state index contributed by atoms with van der Waals surface area (Å²) in [4.78, 5) is 12.8. The van der Waals surface area contributed by atoms with Gasteiger partial charge in [0.2, 0.25) is 0 Å². The van der Waals surface area contributed by atoms with Gasteiger partial charge in [0.25, 0.3) is 5.91 Å². The maximum atomic E-state index is 14.1. The van der Waals surface area contributed by atoms with Crippen LogP contribution < -0.4 is 5.32 Å². The molecule has 6 heteroatoms. The van der Waals surface area contributed by atoms with Gasteiger partial charge in [-0.05, 0) is 41.3 Å². The van der Waals surface area contributed by atoms with Crippen molar-refractivity contribution in [2.24, 2.45) is 0 Å². The number of halogens is 2. The number of nitrogens with one attached hydrogen (secondary N) is 1. The summed E-state index contributed by atoms with van der Waals surface area (Å²) in [5, 5.41) is 4.80. The third-order valence-corrected chi connectivity index (χ3v) is 5.26. The van der Waals surface area contributed by atoms with Crippen molar-refractivity contribution in [3.05, 3.63) is 94.5 Å². The highest BCUT2D eigenvalue weighted by Crippen LogP contribution is 2.26. The van der Waals surface area contributed by atoms with Gasteiger partial charge >= 0.3 is 0 Å². The highest BCUT2D eigenvalue weighted by Gasteiger charge is 2.17. The zero-order valence-electron chi connectivity index (χ0n) is 14.3.